The molecule has 0 spiro atoms. The normalized spacial score (nSPS) is 16.2. The van der Waals surface area contributed by atoms with Crippen molar-refractivity contribution in [3.8, 4) is 0 Å². The molecule has 4 rings (SSSR count). The molecule has 1 unspecified atom stereocenters. The third-order valence-electron chi connectivity index (χ3n) is 5.77. The van der Waals surface area contributed by atoms with Crippen molar-refractivity contribution in [2.45, 2.75) is 45.3 Å². The Morgan fingerprint density at radius 2 is 1.61 bits per heavy atom. The van der Waals surface area contributed by atoms with Crippen LogP contribution < -0.4 is 9.80 Å². The number of benzene rings is 2. The van der Waals surface area contributed by atoms with Crippen molar-refractivity contribution in [2.24, 2.45) is 0 Å². The van der Waals surface area contributed by atoms with E-state index in [9.17, 15) is 10.1 Å². The molecule has 0 amide bonds. The van der Waals surface area contributed by atoms with Gasteiger partial charge >= 0.3 is 5.69 Å². The van der Waals surface area contributed by atoms with Gasteiger partial charge in [-0.15, -0.1) is 0 Å². The highest BCUT2D eigenvalue weighted by molar-refractivity contribution is 5.71. The van der Waals surface area contributed by atoms with Crippen LogP contribution >= 0.6 is 0 Å². The molecule has 3 aromatic rings. The first-order valence-corrected chi connectivity index (χ1v) is 10.7. The quantitative estimate of drug-likeness (QED) is 0.399. The lowest BCUT2D eigenvalue weighted by Gasteiger charge is -2.34. The van der Waals surface area contributed by atoms with Gasteiger partial charge < -0.3 is 9.80 Å². The van der Waals surface area contributed by atoms with Crippen LogP contribution in [0.5, 0.6) is 0 Å². The Bertz CT molecular complexity index is 971. The maximum atomic E-state index is 12.3. The molecule has 0 aliphatic carbocycles. The van der Waals surface area contributed by atoms with Crippen LogP contribution in [0.15, 0.2) is 67.0 Å². The van der Waals surface area contributed by atoms with Crippen molar-refractivity contribution < 1.29 is 4.92 Å². The molecule has 0 saturated carbocycles. The summed E-state index contributed by atoms with van der Waals surface area (Å²) in [5.74, 6) is 0.786. The van der Waals surface area contributed by atoms with E-state index in [4.69, 9.17) is 0 Å². The summed E-state index contributed by atoms with van der Waals surface area (Å²) in [6, 6.07) is 20.2. The first-order chi connectivity index (χ1) is 15.1. The van der Waals surface area contributed by atoms with E-state index < -0.39 is 0 Å². The highest BCUT2D eigenvalue weighted by Crippen LogP contribution is 2.37. The molecule has 1 aliphatic rings. The second-order valence-electron chi connectivity index (χ2n) is 7.99. The van der Waals surface area contributed by atoms with Crippen LogP contribution in [0.4, 0.5) is 17.3 Å². The van der Waals surface area contributed by atoms with Gasteiger partial charge in [-0.3, -0.25) is 10.1 Å². The minimum absolute atomic E-state index is 0.0110. The number of piperidine rings is 1. The number of hydrogen-bond donors (Lipinski definition) is 0. The first kappa shape index (κ1) is 20.8. The zero-order chi connectivity index (χ0) is 21.6. The van der Waals surface area contributed by atoms with Gasteiger partial charge in [0.2, 0.25) is 11.6 Å². The van der Waals surface area contributed by atoms with Gasteiger partial charge in [0.25, 0.3) is 0 Å². The topological polar surface area (TPSA) is 75.4 Å². The summed E-state index contributed by atoms with van der Waals surface area (Å²) in [7, 11) is 0. The fraction of sp³-hybridized carbons (Fsp3) is 0.333. The van der Waals surface area contributed by atoms with Crippen LogP contribution in [0, 0.1) is 10.1 Å². The van der Waals surface area contributed by atoms with Gasteiger partial charge in [-0.1, -0.05) is 60.7 Å². The lowest BCUT2D eigenvalue weighted by Crippen LogP contribution is -2.38. The SMILES string of the molecule is CC1CCCCN1c1ncnc(N(Cc2ccccc2)Cc2ccccc2)c1[N+](=O)[O-]. The Balaban J connectivity index is 1.77. The Kier molecular flexibility index (Phi) is 6.40. The predicted molar refractivity (Wildman–Crippen MR) is 122 cm³/mol. The maximum absolute atomic E-state index is 12.3. The molecule has 1 aliphatic heterocycles. The lowest BCUT2D eigenvalue weighted by atomic mass is 10.0. The Hall–Kier alpha value is -3.48. The number of rotatable bonds is 7. The molecule has 0 radical (unpaired) electrons. The number of aromatic nitrogens is 2. The van der Waals surface area contributed by atoms with E-state index in [0.29, 0.717) is 24.7 Å². The van der Waals surface area contributed by atoms with Crippen LogP contribution in [0.2, 0.25) is 0 Å². The molecular weight excluding hydrogens is 390 g/mol. The summed E-state index contributed by atoms with van der Waals surface area (Å²) in [5, 5.41) is 12.3. The minimum atomic E-state index is -0.324. The predicted octanol–water partition coefficient (Wildman–Crippen LogP) is 4.97. The molecule has 1 aromatic heterocycles. The van der Waals surface area contributed by atoms with Crippen molar-refractivity contribution in [1.82, 2.24) is 9.97 Å². The van der Waals surface area contributed by atoms with E-state index >= 15 is 0 Å². The summed E-state index contributed by atoms with van der Waals surface area (Å²) in [4.78, 5) is 24.8. The number of anilines is 2. The van der Waals surface area contributed by atoms with Gasteiger partial charge in [0.15, 0.2) is 0 Å². The zero-order valence-electron chi connectivity index (χ0n) is 17.7. The fourth-order valence-electron chi connectivity index (χ4n) is 4.19. The fourth-order valence-corrected chi connectivity index (χ4v) is 4.19. The monoisotopic (exact) mass is 417 g/mol. The number of nitro groups is 1. The Morgan fingerprint density at radius 1 is 1.00 bits per heavy atom. The third kappa shape index (κ3) is 4.82. The summed E-state index contributed by atoms with van der Waals surface area (Å²) < 4.78 is 0. The van der Waals surface area contributed by atoms with E-state index in [2.05, 4.69) is 21.8 Å². The van der Waals surface area contributed by atoms with Crippen LogP contribution in [0.3, 0.4) is 0 Å². The Morgan fingerprint density at radius 3 is 2.16 bits per heavy atom. The van der Waals surface area contributed by atoms with E-state index in [1.807, 2.05) is 65.6 Å². The van der Waals surface area contributed by atoms with Gasteiger partial charge in [0.05, 0.1) is 4.92 Å². The highest BCUT2D eigenvalue weighted by Gasteiger charge is 2.33. The van der Waals surface area contributed by atoms with E-state index in [-0.39, 0.29) is 16.7 Å². The van der Waals surface area contributed by atoms with Crippen LogP contribution in [-0.2, 0) is 13.1 Å². The molecule has 7 nitrogen and oxygen atoms in total. The summed E-state index contributed by atoms with van der Waals surface area (Å²) >= 11 is 0. The maximum Gasteiger partial charge on any atom is 0.353 e. The van der Waals surface area contributed by atoms with E-state index in [1.165, 1.54) is 6.33 Å². The van der Waals surface area contributed by atoms with E-state index in [0.717, 1.165) is 36.9 Å². The molecule has 1 atom stereocenters. The Labute approximate surface area is 182 Å². The minimum Gasteiger partial charge on any atom is -0.348 e. The van der Waals surface area contributed by atoms with Crippen molar-refractivity contribution in [3.05, 3.63) is 88.2 Å². The summed E-state index contributed by atoms with van der Waals surface area (Å²) in [5.41, 5.74) is 2.13. The van der Waals surface area contributed by atoms with Gasteiger partial charge in [-0.2, -0.15) is 0 Å². The van der Waals surface area contributed by atoms with Gasteiger partial charge in [0.1, 0.15) is 6.33 Å². The average molecular weight is 418 g/mol. The lowest BCUT2D eigenvalue weighted by molar-refractivity contribution is -0.383. The number of nitrogens with zero attached hydrogens (tertiary/aromatic N) is 5. The van der Waals surface area contributed by atoms with Crippen molar-refractivity contribution in [1.29, 1.82) is 0 Å². The molecule has 0 N–H and O–H groups in total. The summed E-state index contributed by atoms with van der Waals surface area (Å²) in [6.07, 6.45) is 4.62. The smallest absolute Gasteiger partial charge is 0.348 e. The third-order valence-corrected chi connectivity index (χ3v) is 5.77. The zero-order valence-corrected chi connectivity index (χ0v) is 17.7. The second kappa shape index (κ2) is 9.55. The molecule has 2 aromatic carbocycles. The molecular formula is C24H27N5O2. The highest BCUT2D eigenvalue weighted by atomic mass is 16.6. The van der Waals surface area contributed by atoms with Crippen molar-refractivity contribution in [2.75, 3.05) is 16.3 Å². The standard InChI is InChI=1S/C24H27N5O2/c1-19-10-8-9-15-28(19)24-22(29(30)31)23(25-18-26-24)27(16-20-11-4-2-5-12-20)17-21-13-6-3-7-14-21/h2-7,11-14,18-19H,8-10,15-17H2,1H3. The van der Waals surface area contributed by atoms with E-state index in [1.54, 1.807) is 0 Å². The van der Waals surface area contributed by atoms with Gasteiger partial charge in [0, 0.05) is 25.7 Å². The van der Waals surface area contributed by atoms with Crippen LogP contribution in [-0.4, -0.2) is 27.5 Å². The molecule has 2 heterocycles. The second-order valence-corrected chi connectivity index (χ2v) is 7.99. The van der Waals surface area contributed by atoms with Crippen LogP contribution in [0.1, 0.15) is 37.3 Å². The molecule has 0 bridgehead atoms. The molecule has 7 heteroatoms. The van der Waals surface area contributed by atoms with Crippen molar-refractivity contribution in [3.63, 3.8) is 0 Å². The number of hydrogen-bond acceptors (Lipinski definition) is 6. The average Bonchev–Trinajstić information content (AvgIpc) is 2.80. The molecule has 1 fully saturated rings. The largest absolute Gasteiger partial charge is 0.353 e. The van der Waals surface area contributed by atoms with Gasteiger partial charge in [-0.05, 0) is 37.3 Å². The molecule has 160 valence electrons. The molecule has 1 saturated heterocycles. The molecule has 31 heavy (non-hydrogen) atoms. The summed E-state index contributed by atoms with van der Waals surface area (Å²) in [6.45, 7) is 3.91. The first-order valence-electron chi connectivity index (χ1n) is 10.7. The van der Waals surface area contributed by atoms with Crippen LogP contribution in [0.25, 0.3) is 0 Å². The van der Waals surface area contributed by atoms with Gasteiger partial charge in [-0.25, -0.2) is 9.97 Å². The van der Waals surface area contributed by atoms with Crippen molar-refractivity contribution >= 4 is 17.3 Å².